The van der Waals surface area contributed by atoms with Crippen LogP contribution >= 0.6 is 23.1 Å². The number of nitrogens with zero attached hydrogens (tertiary/aromatic N) is 4. The number of aryl methyl sites for hydroxylation is 1. The summed E-state index contributed by atoms with van der Waals surface area (Å²) in [5.41, 5.74) is 1.22. The number of aromatic nitrogens is 3. The number of carbonyl (C=O) groups excluding carboxylic acids is 1. The van der Waals surface area contributed by atoms with Gasteiger partial charge in [-0.15, -0.1) is 0 Å². The first-order valence-electron chi connectivity index (χ1n) is 9.81. The van der Waals surface area contributed by atoms with Gasteiger partial charge in [-0.1, -0.05) is 29.2 Å². The van der Waals surface area contributed by atoms with Crippen molar-refractivity contribution in [2.75, 3.05) is 29.1 Å². The second-order valence-corrected chi connectivity index (χ2v) is 9.01. The number of thiazole rings is 1. The van der Waals surface area contributed by atoms with Gasteiger partial charge >= 0.3 is 0 Å². The van der Waals surface area contributed by atoms with E-state index in [2.05, 4.69) is 20.2 Å². The largest absolute Gasteiger partial charge is 0.348 e. The molecular formula is C20H22FN5O2S2. The van der Waals surface area contributed by atoms with Gasteiger partial charge in [-0.05, 0) is 44.4 Å². The van der Waals surface area contributed by atoms with E-state index in [0.29, 0.717) is 33.3 Å². The van der Waals surface area contributed by atoms with Crippen LogP contribution in [-0.4, -0.2) is 39.3 Å². The van der Waals surface area contributed by atoms with E-state index >= 15 is 0 Å². The predicted octanol–water partition coefficient (Wildman–Crippen LogP) is 3.65. The van der Waals surface area contributed by atoms with Crippen molar-refractivity contribution in [3.8, 4) is 0 Å². The van der Waals surface area contributed by atoms with E-state index in [0.717, 1.165) is 31.1 Å². The van der Waals surface area contributed by atoms with Crippen molar-refractivity contribution in [3.63, 3.8) is 0 Å². The van der Waals surface area contributed by atoms with Gasteiger partial charge in [0.1, 0.15) is 10.5 Å². The Morgan fingerprint density at radius 2 is 2.07 bits per heavy atom. The van der Waals surface area contributed by atoms with Gasteiger partial charge in [-0.3, -0.25) is 14.2 Å². The second-order valence-electron chi connectivity index (χ2n) is 7.09. The minimum absolute atomic E-state index is 0.0521. The quantitative estimate of drug-likeness (QED) is 0.459. The van der Waals surface area contributed by atoms with Gasteiger partial charge < -0.3 is 10.2 Å². The summed E-state index contributed by atoms with van der Waals surface area (Å²) in [5.74, 6) is -0.614. The molecule has 1 amide bonds. The highest BCUT2D eigenvalue weighted by Crippen LogP contribution is 2.29. The third-order valence-corrected chi connectivity index (χ3v) is 7.02. The summed E-state index contributed by atoms with van der Waals surface area (Å²) in [6.45, 7) is 5.88. The number of benzene rings is 1. The molecule has 0 atom stereocenters. The molecule has 0 spiro atoms. The lowest BCUT2D eigenvalue weighted by Crippen LogP contribution is -2.23. The smallest absolute Gasteiger partial charge is 0.273 e. The fourth-order valence-corrected chi connectivity index (χ4v) is 5.16. The molecule has 0 aliphatic carbocycles. The van der Waals surface area contributed by atoms with Gasteiger partial charge in [0.15, 0.2) is 15.9 Å². The van der Waals surface area contributed by atoms with Crippen LogP contribution in [0.2, 0.25) is 0 Å². The minimum Gasteiger partial charge on any atom is -0.348 e. The summed E-state index contributed by atoms with van der Waals surface area (Å²) in [4.78, 5) is 36.6. The molecule has 0 bridgehead atoms. The molecule has 10 heteroatoms. The highest BCUT2D eigenvalue weighted by atomic mass is 32.2. The van der Waals surface area contributed by atoms with Gasteiger partial charge in [0.05, 0.1) is 5.75 Å². The Kier molecular flexibility index (Phi) is 6.05. The van der Waals surface area contributed by atoms with Crippen LogP contribution in [0.1, 0.15) is 25.3 Å². The third kappa shape index (κ3) is 4.20. The van der Waals surface area contributed by atoms with Crippen molar-refractivity contribution in [1.82, 2.24) is 14.5 Å². The van der Waals surface area contributed by atoms with Crippen LogP contribution in [0.25, 0.3) is 10.3 Å². The topological polar surface area (TPSA) is 80.1 Å². The number of anilines is 2. The first-order valence-corrected chi connectivity index (χ1v) is 11.6. The lowest BCUT2D eigenvalue weighted by atomic mass is 10.2. The number of thioether (sulfide) groups is 1. The molecule has 0 unspecified atom stereocenters. The van der Waals surface area contributed by atoms with Crippen molar-refractivity contribution < 1.29 is 9.18 Å². The molecule has 4 rings (SSSR count). The zero-order valence-corrected chi connectivity index (χ0v) is 18.4. The van der Waals surface area contributed by atoms with Crippen LogP contribution in [0.15, 0.2) is 28.2 Å². The summed E-state index contributed by atoms with van der Waals surface area (Å²) in [7, 11) is 0. The Balaban J connectivity index is 1.53. The van der Waals surface area contributed by atoms with Crippen molar-refractivity contribution in [3.05, 3.63) is 39.9 Å². The third-order valence-electron chi connectivity index (χ3n) is 4.95. The van der Waals surface area contributed by atoms with Crippen LogP contribution in [0, 0.1) is 12.7 Å². The number of nitrogens with one attached hydrogen (secondary N) is 1. The molecule has 0 radical (unpaired) electrons. The fourth-order valence-electron chi connectivity index (χ4n) is 3.31. The molecule has 158 valence electrons. The van der Waals surface area contributed by atoms with E-state index in [1.54, 1.807) is 23.6 Å². The van der Waals surface area contributed by atoms with Crippen molar-refractivity contribution in [2.45, 2.75) is 38.4 Å². The molecule has 1 aliphatic heterocycles. The molecule has 7 nitrogen and oxygen atoms in total. The molecule has 30 heavy (non-hydrogen) atoms. The maximum absolute atomic E-state index is 13.7. The molecule has 1 fully saturated rings. The molecule has 2 aromatic heterocycles. The number of carbonyl (C=O) groups is 1. The molecular weight excluding hydrogens is 425 g/mol. The number of hydrogen-bond acceptors (Lipinski definition) is 7. The number of hydrogen-bond donors (Lipinski definition) is 1. The van der Waals surface area contributed by atoms with E-state index in [4.69, 9.17) is 0 Å². The maximum atomic E-state index is 13.7. The van der Waals surface area contributed by atoms with E-state index in [1.165, 1.54) is 29.2 Å². The lowest BCUT2D eigenvalue weighted by Gasteiger charge is -2.11. The first kappa shape index (κ1) is 20.8. The average Bonchev–Trinajstić information content (AvgIpc) is 3.39. The Bertz CT molecular complexity index is 1150. The molecule has 3 aromatic rings. The summed E-state index contributed by atoms with van der Waals surface area (Å²) in [6, 6.07) is 4.56. The zero-order chi connectivity index (χ0) is 21.3. The van der Waals surface area contributed by atoms with Gasteiger partial charge in [0.2, 0.25) is 5.91 Å². The number of amides is 1. The summed E-state index contributed by atoms with van der Waals surface area (Å²) >= 11 is 2.56. The van der Waals surface area contributed by atoms with Gasteiger partial charge in [-0.2, -0.15) is 4.98 Å². The highest BCUT2D eigenvalue weighted by molar-refractivity contribution is 7.99. The van der Waals surface area contributed by atoms with Crippen LogP contribution in [-0.2, 0) is 11.3 Å². The molecule has 1 aliphatic rings. The lowest BCUT2D eigenvalue weighted by molar-refractivity contribution is -0.113. The highest BCUT2D eigenvalue weighted by Gasteiger charge is 2.20. The van der Waals surface area contributed by atoms with E-state index in [1.807, 2.05) is 6.92 Å². The summed E-state index contributed by atoms with van der Waals surface area (Å²) < 4.78 is 15.8. The van der Waals surface area contributed by atoms with Gasteiger partial charge in [-0.25, -0.2) is 9.37 Å². The molecule has 1 aromatic carbocycles. The van der Waals surface area contributed by atoms with Crippen molar-refractivity contribution in [2.24, 2.45) is 0 Å². The van der Waals surface area contributed by atoms with Crippen molar-refractivity contribution >= 4 is 50.2 Å². The molecule has 1 N–H and O–H groups in total. The summed E-state index contributed by atoms with van der Waals surface area (Å²) in [6.07, 6.45) is 2.26. The van der Waals surface area contributed by atoms with Crippen LogP contribution in [0.4, 0.5) is 15.2 Å². The molecule has 3 heterocycles. The van der Waals surface area contributed by atoms with E-state index in [9.17, 15) is 14.0 Å². The Morgan fingerprint density at radius 3 is 2.77 bits per heavy atom. The van der Waals surface area contributed by atoms with Crippen LogP contribution < -0.4 is 15.8 Å². The van der Waals surface area contributed by atoms with E-state index in [-0.39, 0.29) is 23.0 Å². The SMILES string of the molecule is CCn1c(SCC(=O)Nc2ccc(C)c(F)c2)nc2nc(N3CCCC3)sc2c1=O. The van der Waals surface area contributed by atoms with Crippen molar-refractivity contribution in [1.29, 1.82) is 0 Å². The predicted molar refractivity (Wildman–Crippen MR) is 119 cm³/mol. The minimum atomic E-state index is -0.371. The number of rotatable bonds is 6. The van der Waals surface area contributed by atoms with Crippen LogP contribution in [0.5, 0.6) is 0 Å². The Labute approximate surface area is 181 Å². The second kappa shape index (κ2) is 8.73. The Hall–Kier alpha value is -2.46. The van der Waals surface area contributed by atoms with Gasteiger partial charge in [0.25, 0.3) is 5.56 Å². The first-order chi connectivity index (χ1) is 14.5. The van der Waals surface area contributed by atoms with Gasteiger partial charge in [0, 0.05) is 25.3 Å². The fraction of sp³-hybridized carbons (Fsp3) is 0.400. The molecule has 0 saturated carbocycles. The number of halogens is 1. The zero-order valence-electron chi connectivity index (χ0n) is 16.8. The molecule has 1 saturated heterocycles. The standard InChI is InChI=1S/C20H22FN5O2S2/c1-3-26-18(28)16-17(23-19(30-16)25-8-4-5-9-25)24-20(26)29-11-15(27)22-13-7-6-12(2)14(21)10-13/h6-7,10H,3-5,8-9,11H2,1-2H3,(H,22,27). The number of fused-ring (bicyclic) bond motifs is 1. The van der Waals surface area contributed by atoms with E-state index < -0.39 is 0 Å². The monoisotopic (exact) mass is 447 g/mol. The summed E-state index contributed by atoms with van der Waals surface area (Å²) in [5, 5.41) is 3.96. The average molecular weight is 448 g/mol. The van der Waals surface area contributed by atoms with Crippen LogP contribution in [0.3, 0.4) is 0 Å². The maximum Gasteiger partial charge on any atom is 0.273 e. The normalized spacial score (nSPS) is 13.9. The Morgan fingerprint density at radius 1 is 1.30 bits per heavy atom.